The molecule has 1 aromatic heterocycles. The van der Waals surface area contributed by atoms with Gasteiger partial charge in [-0.25, -0.2) is 9.97 Å². The molecule has 7 heteroatoms. The van der Waals surface area contributed by atoms with E-state index in [9.17, 15) is 4.79 Å². The number of carbonyl (C=O) groups is 1. The average Bonchev–Trinajstić information content (AvgIpc) is 2.54. The topological polar surface area (TPSA) is 84.1 Å². The third-order valence-electron chi connectivity index (χ3n) is 3.97. The van der Waals surface area contributed by atoms with Gasteiger partial charge in [-0.3, -0.25) is 4.79 Å². The van der Waals surface area contributed by atoms with Crippen molar-refractivity contribution in [3.05, 3.63) is 41.2 Å². The first-order chi connectivity index (χ1) is 11.1. The number of benzene rings is 1. The molecule has 3 N–H and O–H groups in total. The fourth-order valence-electron chi connectivity index (χ4n) is 2.76. The molecule has 0 spiro atoms. The number of anilines is 3. The van der Waals surface area contributed by atoms with E-state index >= 15 is 0 Å². The number of nitrogens with two attached hydrogens (primary N) is 1. The van der Waals surface area contributed by atoms with Gasteiger partial charge >= 0.3 is 0 Å². The van der Waals surface area contributed by atoms with E-state index in [-0.39, 0.29) is 22.8 Å². The molecular weight excluding hydrogens is 314 g/mol. The Hall–Kier alpha value is -2.34. The van der Waals surface area contributed by atoms with Gasteiger partial charge in [0.1, 0.15) is 23.2 Å². The van der Waals surface area contributed by atoms with Gasteiger partial charge in [0.15, 0.2) is 5.82 Å². The Morgan fingerprint density at radius 1 is 1.35 bits per heavy atom. The number of carbonyl (C=O) groups excluding carboxylic acids is 1. The quantitative estimate of drug-likeness (QED) is 0.903. The Morgan fingerprint density at radius 2 is 2.13 bits per heavy atom. The minimum Gasteiger partial charge on any atom is -0.382 e. The molecule has 0 aliphatic carbocycles. The van der Waals surface area contributed by atoms with Crippen molar-refractivity contribution >= 4 is 34.8 Å². The first-order valence-corrected chi connectivity index (χ1v) is 7.85. The van der Waals surface area contributed by atoms with Gasteiger partial charge in [0, 0.05) is 12.2 Å². The van der Waals surface area contributed by atoms with Crippen LogP contribution < -0.4 is 16.0 Å². The fraction of sp³-hybridized carbons (Fsp3) is 0.312. The number of piperidine rings is 1. The van der Waals surface area contributed by atoms with Crippen molar-refractivity contribution in [2.24, 2.45) is 0 Å². The molecule has 0 saturated carbocycles. The van der Waals surface area contributed by atoms with Crippen LogP contribution >= 0.6 is 11.6 Å². The lowest BCUT2D eigenvalue weighted by Crippen LogP contribution is -2.48. The van der Waals surface area contributed by atoms with E-state index in [0.29, 0.717) is 12.4 Å². The minimum atomic E-state index is -0.379. The van der Waals surface area contributed by atoms with Crippen LogP contribution in [-0.2, 0) is 4.79 Å². The third-order valence-corrected chi connectivity index (χ3v) is 4.34. The Balaban J connectivity index is 1.83. The van der Waals surface area contributed by atoms with Gasteiger partial charge in [0.05, 0.1) is 0 Å². The largest absolute Gasteiger partial charge is 0.382 e. The zero-order valence-corrected chi connectivity index (χ0v) is 13.5. The van der Waals surface area contributed by atoms with E-state index < -0.39 is 0 Å². The highest BCUT2D eigenvalue weighted by Gasteiger charge is 2.31. The average molecular weight is 332 g/mol. The zero-order chi connectivity index (χ0) is 16.4. The van der Waals surface area contributed by atoms with Gasteiger partial charge in [-0.05, 0) is 31.4 Å². The van der Waals surface area contributed by atoms with Crippen molar-refractivity contribution in [2.75, 3.05) is 22.5 Å². The summed E-state index contributed by atoms with van der Waals surface area (Å²) < 4.78 is 0. The molecule has 1 unspecified atom stereocenters. The van der Waals surface area contributed by atoms with Crippen molar-refractivity contribution in [2.45, 2.75) is 25.8 Å². The van der Waals surface area contributed by atoms with Gasteiger partial charge in [-0.1, -0.05) is 29.8 Å². The highest BCUT2D eigenvalue weighted by molar-refractivity contribution is 6.35. The van der Waals surface area contributed by atoms with Crippen LogP contribution in [0.1, 0.15) is 18.4 Å². The van der Waals surface area contributed by atoms with Crippen LogP contribution in [0.2, 0.25) is 5.02 Å². The monoisotopic (exact) mass is 331 g/mol. The molecule has 23 heavy (non-hydrogen) atoms. The van der Waals surface area contributed by atoms with Crippen LogP contribution in [0.5, 0.6) is 0 Å². The lowest BCUT2D eigenvalue weighted by atomic mass is 10.0. The van der Waals surface area contributed by atoms with Crippen LogP contribution in [0.25, 0.3) is 0 Å². The van der Waals surface area contributed by atoms with Crippen molar-refractivity contribution < 1.29 is 4.79 Å². The molecule has 1 aliphatic heterocycles. The van der Waals surface area contributed by atoms with Crippen molar-refractivity contribution in [1.82, 2.24) is 9.97 Å². The number of nitrogens with zero attached hydrogens (tertiary/aromatic N) is 3. The number of hydrogen-bond donors (Lipinski definition) is 2. The normalized spacial score (nSPS) is 18.1. The summed E-state index contributed by atoms with van der Waals surface area (Å²) in [5.41, 5.74) is 7.70. The number of aryl methyl sites for hydroxylation is 1. The number of aromatic nitrogens is 2. The minimum absolute atomic E-state index is 0.0128. The second kappa shape index (κ2) is 6.42. The third kappa shape index (κ3) is 3.07. The van der Waals surface area contributed by atoms with Crippen molar-refractivity contribution in [3.8, 4) is 0 Å². The Bertz CT molecular complexity index is 736. The van der Waals surface area contributed by atoms with Crippen LogP contribution in [-0.4, -0.2) is 28.5 Å². The van der Waals surface area contributed by atoms with Gasteiger partial charge in [-0.2, -0.15) is 0 Å². The molecule has 6 nitrogen and oxygen atoms in total. The SMILES string of the molecule is Cc1ccccc1N1CCCC(Nc2ncnc(N)c2Cl)C1=O. The standard InChI is InChI=1S/C16H18ClN5O/c1-10-5-2-3-7-12(10)22-8-4-6-11(16(22)23)21-15-13(17)14(18)19-9-20-15/h2-3,5,7,9,11H,4,6,8H2,1H3,(H3,18,19,20,21). The summed E-state index contributed by atoms with van der Waals surface area (Å²) in [6, 6.07) is 7.49. The van der Waals surface area contributed by atoms with E-state index in [1.54, 1.807) is 0 Å². The van der Waals surface area contributed by atoms with Gasteiger partial charge in [-0.15, -0.1) is 0 Å². The molecule has 1 atom stereocenters. The second-order valence-electron chi connectivity index (χ2n) is 5.54. The lowest BCUT2D eigenvalue weighted by molar-refractivity contribution is -0.120. The Kier molecular flexibility index (Phi) is 4.34. The van der Waals surface area contributed by atoms with E-state index in [1.165, 1.54) is 6.33 Å². The number of nitrogens with one attached hydrogen (secondary N) is 1. The lowest BCUT2D eigenvalue weighted by Gasteiger charge is -2.33. The van der Waals surface area contributed by atoms with E-state index in [0.717, 1.165) is 24.1 Å². The molecule has 2 aromatic rings. The summed E-state index contributed by atoms with van der Waals surface area (Å²) in [5.74, 6) is 0.603. The van der Waals surface area contributed by atoms with Crippen molar-refractivity contribution in [1.29, 1.82) is 0 Å². The molecule has 3 rings (SSSR count). The maximum absolute atomic E-state index is 12.8. The molecule has 1 fully saturated rings. The second-order valence-corrected chi connectivity index (χ2v) is 5.91. The van der Waals surface area contributed by atoms with Crippen LogP contribution in [0.15, 0.2) is 30.6 Å². The Labute approximate surface area is 139 Å². The van der Waals surface area contributed by atoms with Gasteiger partial charge in [0.25, 0.3) is 0 Å². The number of nitrogen functional groups attached to an aromatic ring is 1. The number of amides is 1. The summed E-state index contributed by atoms with van der Waals surface area (Å²) in [6.07, 6.45) is 2.95. The molecule has 0 bridgehead atoms. The van der Waals surface area contributed by atoms with Crippen LogP contribution in [0.3, 0.4) is 0 Å². The molecule has 1 aromatic carbocycles. The van der Waals surface area contributed by atoms with E-state index in [4.69, 9.17) is 17.3 Å². The predicted molar refractivity (Wildman–Crippen MR) is 91.6 cm³/mol. The van der Waals surface area contributed by atoms with E-state index in [2.05, 4.69) is 15.3 Å². The summed E-state index contributed by atoms with van der Waals surface area (Å²) in [6.45, 7) is 2.71. The van der Waals surface area contributed by atoms with Gasteiger partial charge < -0.3 is 16.0 Å². The first kappa shape index (κ1) is 15.6. The summed E-state index contributed by atoms with van der Waals surface area (Å²) >= 11 is 6.10. The fourth-order valence-corrected chi connectivity index (χ4v) is 2.92. The predicted octanol–water partition coefficient (Wildman–Crippen LogP) is 2.63. The number of hydrogen-bond acceptors (Lipinski definition) is 5. The molecule has 0 radical (unpaired) electrons. The molecule has 2 heterocycles. The smallest absolute Gasteiger partial charge is 0.249 e. The van der Waals surface area contributed by atoms with E-state index in [1.807, 2.05) is 36.1 Å². The molecular formula is C16H18ClN5O. The van der Waals surface area contributed by atoms with Crippen LogP contribution in [0.4, 0.5) is 17.3 Å². The van der Waals surface area contributed by atoms with Gasteiger partial charge in [0.2, 0.25) is 5.91 Å². The molecule has 1 amide bonds. The highest BCUT2D eigenvalue weighted by atomic mass is 35.5. The number of rotatable bonds is 3. The molecule has 1 aliphatic rings. The zero-order valence-electron chi connectivity index (χ0n) is 12.8. The first-order valence-electron chi connectivity index (χ1n) is 7.47. The molecule has 120 valence electrons. The summed E-state index contributed by atoms with van der Waals surface area (Å²) in [7, 11) is 0. The Morgan fingerprint density at radius 3 is 2.91 bits per heavy atom. The maximum Gasteiger partial charge on any atom is 0.249 e. The maximum atomic E-state index is 12.8. The van der Waals surface area contributed by atoms with Crippen molar-refractivity contribution in [3.63, 3.8) is 0 Å². The van der Waals surface area contributed by atoms with Crippen LogP contribution in [0, 0.1) is 6.92 Å². The number of halogens is 1. The summed E-state index contributed by atoms with van der Waals surface area (Å²) in [4.78, 5) is 22.5. The molecule has 1 saturated heterocycles. The highest BCUT2D eigenvalue weighted by Crippen LogP contribution is 2.28. The summed E-state index contributed by atoms with van der Waals surface area (Å²) in [5, 5.41) is 3.35. The number of para-hydroxylation sites is 1.